The zero-order valence-electron chi connectivity index (χ0n) is 12.6. The number of aromatic nitrogens is 4. The van der Waals surface area contributed by atoms with Gasteiger partial charge in [-0.25, -0.2) is 0 Å². The summed E-state index contributed by atoms with van der Waals surface area (Å²) in [4.78, 5) is 24.6. The molecule has 0 aromatic carbocycles. The van der Waals surface area contributed by atoms with Crippen LogP contribution in [0.5, 0.6) is 0 Å². The molecule has 22 heavy (non-hydrogen) atoms. The Morgan fingerprint density at radius 3 is 2.59 bits per heavy atom. The van der Waals surface area contributed by atoms with Gasteiger partial charge in [0, 0.05) is 21.1 Å². The molecule has 118 valence electrons. The minimum atomic E-state index is -0.580. The van der Waals surface area contributed by atoms with Crippen molar-refractivity contribution in [2.24, 2.45) is 14.1 Å². The molecule has 2 heterocycles. The third-order valence-corrected chi connectivity index (χ3v) is 3.98. The van der Waals surface area contributed by atoms with Gasteiger partial charge in [-0.05, 0) is 22.9 Å². The fourth-order valence-electron chi connectivity index (χ4n) is 2.20. The maximum atomic E-state index is 12.6. The van der Waals surface area contributed by atoms with E-state index in [-0.39, 0.29) is 23.6 Å². The number of nitrogens with zero attached hydrogens (tertiary/aromatic N) is 6. The Labute approximate surface area is 134 Å². The van der Waals surface area contributed by atoms with Crippen molar-refractivity contribution in [1.29, 1.82) is 0 Å². The van der Waals surface area contributed by atoms with Crippen LogP contribution in [0.1, 0.15) is 21.9 Å². The highest BCUT2D eigenvalue weighted by Gasteiger charge is 2.31. The third-order valence-electron chi connectivity index (χ3n) is 3.32. The van der Waals surface area contributed by atoms with E-state index in [1.165, 1.54) is 23.6 Å². The van der Waals surface area contributed by atoms with Crippen molar-refractivity contribution in [1.82, 2.24) is 24.5 Å². The van der Waals surface area contributed by atoms with Crippen molar-refractivity contribution in [3.63, 3.8) is 0 Å². The fourth-order valence-corrected chi connectivity index (χ4v) is 2.67. The van der Waals surface area contributed by atoms with E-state index in [2.05, 4.69) is 26.1 Å². The van der Waals surface area contributed by atoms with Crippen molar-refractivity contribution in [3.8, 4) is 0 Å². The van der Waals surface area contributed by atoms with Crippen LogP contribution in [0.15, 0.2) is 10.7 Å². The molecule has 0 fully saturated rings. The van der Waals surface area contributed by atoms with E-state index in [0.29, 0.717) is 0 Å². The van der Waals surface area contributed by atoms with Crippen LogP contribution < -0.4 is 0 Å². The molecule has 9 nitrogen and oxygen atoms in total. The van der Waals surface area contributed by atoms with Gasteiger partial charge >= 0.3 is 5.69 Å². The lowest BCUT2D eigenvalue weighted by Gasteiger charge is -2.17. The lowest BCUT2D eigenvalue weighted by Crippen LogP contribution is -2.29. The standard InChI is InChI=1S/C12H15BrN6O3/c1-7-10(19(21)22)11(18(4)15-7)12(20)16(2)6-9-8(13)5-14-17(9)3/h5H,6H2,1-4H3. The topological polar surface area (TPSA) is 99.1 Å². The normalized spacial score (nSPS) is 10.8. The van der Waals surface area contributed by atoms with Gasteiger partial charge < -0.3 is 4.90 Å². The monoisotopic (exact) mass is 370 g/mol. The van der Waals surface area contributed by atoms with Crippen molar-refractivity contribution >= 4 is 27.5 Å². The second-order valence-corrected chi connectivity index (χ2v) is 5.74. The maximum Gasteiger partial charge on any atom is 0.322 e. The lowest BCUT2D eigenvalue weighted by atomic mass is 10.2. The Balaban J connectivity index is 2.34. The highest BCUT2D eigenvalue weighted by Crippen LogP contribution is 2.24. The molecule has 2 rings (SSSR count). The molecule has 0 saturated carbocycles. The first-order valence-electron chi connectivity index (χ1n) is 6.33. The number of hydrogen-bond donors (Lipinski definition) is 0. The largest absolute Gasteiger partial charge is 0.334 e. The molecule has 0 saturated heterocycles. The molecular formula is C12H15BrN6O3. The first-order valence-corrected chi connectivity index (χ1v) is 7.13. The molecular weight excluding hydrogens is 356 g/mol. The summed E-state index contributed by atoms with van der Waals surface area (Å²) in [6, 6.07) is 0. The van der Waals surface area contributed by atoms with Crippen LogP contribution in [0, 0.1) is 17.0 Å². The highest BCUT2D eigenvalue weighted by molar-refractivity contribution is 9.10. The zero-order valence-corrected chi connectivity index (χ0v) is 14.2. The number of halogens is 1. The van der Waals surface area contributed by atoms with Crippen molar-refractivity contribution in [3.05, 3.63) is 37.9 Å². The molecule has 2 aromatic heterocycles. The van der Waals surface area contributed by atoms with Gasteiger partial charge in [-0.3, -0.25) is 24.3 Å². The molecule has 0 aliphatic carbocycles. The Morgan fingerprint density at radius 2 is 2.09 bits per heavy atom. The first-order chi connectivity index (χ1) is 10.2. The number of rotatable bonds is 4. The Kier molecular flexibility index (Phi) is 4.31. The Bertz CT molecular complexity index is 731. The van der Waals surface area contributed by atoms with Gasteiger partial charge in [-0.1, -0.05) is 0 Å². The fraction of sp³-hybridized carbons (Fsp3) is 0.417. The smallest absolute Gasteiger partial charge is 0.322 e. The van der Waals surface area contributed by atoms with E-state index in [4.69, 9.17) is 0 Å². The molecule has 0 spiro atoms. The molecule has 0 bridgehead atoms. The summed E-state index contributed by atoms with van der Waals surface area (Å²) in [6.45, 7) is 1.77. The van der Waals surface area contributed by atoms with E-state index in [1.54, 1.807) is 25.0 Å². The van der Waals surface area contributed by atoms with E-state index in [9.17, 15) is 14.9 Å². The molecule has 0 aliphatic rings. The summed E-state index contributed by atoms with van der Waals surface area (Å²) in [5, 5.41) is 19.2. The average molecular weight is 371 g/mol. The summed E-state index contributed by atoms with van der Waals surface area (Å²) in [7, 11) is 4.85. The quantitative estimate of drug-likeness (QED) is 0.598. The van der Waals surface area contributed by atoms with Crippen molar-refractivity contribution in [2.45, 2.75) is 13.5 Å². The lowest BCUT2D eigenvalue weighted by molar-refractivity contribution is -0.385. The van der Waals surface area contributed by atoms with E-state index in [1.807, 2.05) is 0 Å². The molecule has 0 atom stereocenters. The van der Waals surface area contributed by atoms with Crippen LogP contribution in [-0.2, 0) is 20.6 Å². The predicted octanol–water partition coefficient (Wildman–Crippen LogP) is 1.40. The number of aryl methyl sites for hydroxylation is 3. The number of carbonyl (C=O) groups is 1. The minimum absolute atomic E-state index is 0.0386. The van der Waals surface area contributed by atoms with Gasteiger partial charge in [0.2, 0.25) is 5.69 Å². The highest BCUT2D eigenvalue weighted by atomic mass is 79.9. The van der Waals surface area contributed by atoms with Gasteiger partial charge in [-0.2, -0.15) is 10.2 Å². The maximum absolute atomic E-state index is 12.6. The first kappa shape index (κ1) is 16.1. The summed E-state index contributed by atoms with van der Waals surface area (Å²) < 4.78 is 3.65. The van der Waals surface area contributed by atoms with Crippen LogP contribution in [0.4, 0.5) is 5.69 Å². The van der Waals surface area contributed by atoms with Gasteiger partial charge in [0.05, 0.1) is 27.8 Å². The van der Waals surface area contributed by atoms with Crippen LogP contribution in [0.3, 0.4) is 0 Å². The SMILES string of the molecule is Cc1nn(C)c(C(=O)N(C)Cc2c(Br)cnn2C)c1[N+](=O)[O-]. The van der Waals surface area contributed by atoms with Crippen molar-refractivity contribution in [2.75, 3.05) is 7.05 Å². The van der Waals surface area contributed by atoms with Crippen LogP contribution in [0.2, 0.25) is 0 Å². The van der Waals surface area contributed by atoms with E-state index < -0.39 is 10.8 Å². The number of nitro groups is 1. The molecule has 10 heteroatoms. The van der Waals surface area contributed by atoms with Crippen LogP contribution >= 0.6 is 15.9 Å². The second-order valence-electron chi connectivity index (χ2n) is 4.89. The number of hydrogen-bond acceptors (Lipinski definition) is 5. The van der Waals surface area contributed by atoms with Gasteiger partial charge in [0.25, 0.3) is 5.91 Å². The number of amides is 1. The second kappa shape index (κ2) is 5.87. The van der Waals surface area contributed by atoms with Gasteiger partial charge in [0.15, 0.2) is 0 Å². The summed E-state index contributed by atoms with van der Waals surface area (Å²) in [6.07, 6.45) is 1.63. The van der Waals surface area contributed by atoms with E-state index in [0.717, 1.165) is 10.2 Å². The molecule has 0 aliphatic heterocycles. The summed E-state index contributed by atoms with van der Waals surface area (Å²) in [5.41, 5.74) is 0.704. The van der Waals surface area contributed by atoms with Crippen LogP contribution in [0.25, 0.3) is 0 Å². The summed E-state index contributed by atoms with van der Waals surface area (Å²) >= 11 is 3.36. The number of carbonyl (C=O) groups excluding carboxylic acids is 1. The minimum Gasteiger partial charge on any atom is -0.334 e. The van der Waals surface area contributed by atoms with Crippen molar-refractivity contribution < 1.29 is 9.72 Å². The molecule has 0 radical (unpaired) electrons. The van der Waals surface area contributed by atoms with E-state index >= 15 is 0 Å². The summed E-state index contributed by atoms with van der Waals surface area (Å²) in [5.74, 6) is -0.470. The van der Waals surface area contributed by atoms with Crippen LogP contribution in [-0.4, -0.2) is 42.3 Å². The molecule has 2 aromatic rings. The molecule has 0 unspecified atom stereocenters. The van der Waals surface area contributed by atoms with Gasteiger partial charge in [-0.15, -0.1) is 0 Å². The Morgan fingerprint density at radius 1 is 1.45 bits per heavy atom. The average Bonchev–Trinajstić information content (AvgIpc) is 2.90. The molecule has 1 amide bonds. The Hall–Kier alpha value is -2.23. The van der Waals surface area contributed by atoms with Gasteiger partial charge in [0.1, 0.15) is 5.69 Å². The zero-order chi connectivity index (χ0) is 16.6. The molecule has 0 N–H and O–H groups in total. The third kappa shape index (κ3) is 2.73. The predicted molar refractivity (Wildman–Crippen MR) is 81.3 cm³/mol.